The van der Waals surface area contributed by atoms with Crippen LogP contribution in [0.2, 0.25) is 0 Å². The lowest BCUT2D eigenvalue weighted by Crippen LogP contribution is -2.46. The van der Waals surface area contributed by atoms with Crippen LogP contribution >= 0.6 is 15.9 Å². The summed E-state index contributed by atoms with van der Waals surface area (Å²) in [5.74, 6) is -3.35. The standard InChI is InChI=1S/C13H13BrN2O5/c1-13(2)20-11(17)8(12(18)21-13)6-15-7-4-9(19-3)10(14)16-5-7/h4-6,8H,1-3H3/b15-6+. The third-order valence-electron chi connectivity index (χ3n) is 2.59. The highest BCUT2D eigenvalue weighted by Gasteiger charge is 2.42. The molecule has 8 heteroatoms. The second kappa shape index (κ2) is 5.80. The molecule has 0 aromatic carbocycles. The molecule has 0 N–H and O–H groups in total. The van der Waals surface area contributed by atoms with E-state index in [2.05, 4.69) is 25.9 Å². The monoisotopic (exact) mass is 356 g/mol. The van der Waals surface area contributed by atoms with Gasteiger partial charge in [-0.15, -0.1) is 0 Å². The summed E-state index contributed by atoms with van der Waals surface area (Å²) >= 11 is 3.21. The lowest BCUT2D eigenvalue weighted by molar-refractivity contribution is -0.235. The molecule has 2 heterocycles. The van der Waals surface area contributed by atoms with Crippen LogP contribution in [-0.4, -0.2) is 36.0 Å². The minimum Gasteiger partial charge on any atom is -0.494 e. The number of ether oxygens (including phenoxy) is 3. The fraction of sp³-hybridized carbons (Fsp3) is 0.385. The molecule has 7 nitrogen and oxygen atoms in total. The van der Waals surface area contributed by atoms with E-state index in [1.54, 1.807) is 6.07 Å². The van der Waals surface area contributed by atoms with Gasteiger partial charge >= 0.3 is 11.9 Å². The molecule has 1 aromatic rings. The van der Waals surface area contributed by atoms with Crippen molar-refractivity contribution in [2.24, 2.45) is 10.9 Å². The lowest BCUT2D eigenvalue weighted by Gasteiger charge is -2.31. The third-order valence-corrected chi connectivity index (χ3v) is 3.18. The van der Waals surface area contributed by atoms with Crippen molar-refractivity contribution in [2.75, 3.05) is 7.11 Å². The zero-order valence-electron chi connectivity index (χ0n) is 11.6. The number of carbonyl (C=O) groups is 2. The Bertz CT molecular complexity index is 595. The maximum absolute atomic E-state index is 11.8. The largest absolute Gasteiger partial charge is 0.494 e. The average molecular weight is 357 g/mol. The number of cyclic esters (lactones) is 2. The van der Waals surface area contributed by atoms with Gasteiger partial charge in [-0.1, -0.05) is 0 Å². The second-order valence-corrected chi connectivity index (χ2v) is 5.44. The van der Waals surface area contributed by atoms with Crippen molar-refractivity contribution in [3.8, 4) is 5.75 Å². The Kier molecular flexibility index (Phi) is 4.26. The first kappa shape index (κ1) is 15.4. The molecule has 1 aliphatic heterocycles. The molecule has 0 aliphatic carbocycles. The molecule has 1 fully saturated rings. The Labute approximate surface area is 129 Å². The first-order chi connectivity index (χ1) is 9.82. The van der Waals surface area contributed by atoms with E-state index in [0.29, 0.717) is 16.0 Å². The van der Waals surface area contributed by atoms with Crippen LogP contribution in [0, 0.1) is 5.92 Å². The summed E-state index contributed by atoms with van der Waals surface area (Å²) in [5.41, 5.74) is 0.431. The zero-order chi connectivity index (χ0) is 15.6. The van der Waals surface area contributed by atoms with Gasteiger partial charge in [0.2, 0.25) is 0 Å². The van der Waals surface area contributed by atoms with Crippen LogP contribution in [0.15, 0.2) is 21.9 Å². The SMILES string of the molecule is COc1cc(/N=C/C2C(=O)OC(C)(C)OC2=O)cnc1Br. The van der Waals surface area contributed by atoms with Crippen LogP contribution in [0.25, 0.3) is 0 Å². The van der Waals surface area contributed by atoms with Gasteiger partial charge in [0, 0.05) is 26.1 Å². The molecule has 1 aromatic heterocycles. The van der Waals surface area contributed by atoms with Crippen LogP contribution in [-0.2, 0) is 19.1 Å². The minimum atomic E-state index is -1.25. The van der Waals surface area contributed by atoms with Gasteiger partial charge in [0.25, 0.3) is 5.79 Å². The van der Waals surface area contributed by atoms with Crippen molar-refractivity contribution in [2.45, 2.75) is 19.6 Å². The van der Waals surface area contributed by atoms with E-state index in [1.807, 2.05) is 0 Å². The number of hydrogen-bond donors (Lipinski definition) is 0. The van der Waals surface area contributed by atoms with Crippen molar-refractivity contribution in [1.29, 1.82) is 0 Å². The van der Waals surface area contributed by atoms with Gasteiger partial charge in [-0.05, 0) is 15.9 Å². The van der Waals surface area contributed by atoms with Crippen LogP contribution in [0.1, 0.15) is 13.8 Å². The van der Waals surface area contributed by atoms with E-state index in [9.17, 15) is 9.59 Å². The molecular formula is C13H13BrN2O5. The van der Waals surface area contributed by atoms with Gasteiger partial charge in [0.05, 0.1) is 19.0 Å². The summed E-state index contributed by atoms with van der Waals surface area (Å²) in [6, 6.07) is 1.61. The van der Waals surface area contributed by atoms with Crippen LogP contribution in [0.3, 0.4) is 0 Å². The normalized spacial score (nSPS) is 18.5. The summed E-state index contributed by atoms with van der Waals surface area (Å²) in [5, 5.41) is 0. The predicted octanol–water partition coefficient (Wildman–Crippen LogP) is 2.01. The van der Waals surface area contributed by atoms with Crippen LogP contribution in [0.5, 0.6) is 5.75 Å². The van der Waals surface area contributed by atoms with Gasteiger partial charge < -0.3 is 14.2 Å². The van der Waals surface area contributed by atoms with Crippen molar-refractivity contribution >= 4 is 39.8 Å². The van der Waals surface area contributed by atoms with E-state index in [-0.39, 0.29) is 0 Å². The van der Waals surface area contributed by atoms with Crippen molar-refractivity contribution in [3.63, 3.8) is 0 Å². The van der Waals surface area contributed by atoms with E-state index >= 15 is 0 Å². The Morgan fingerprint density at radius 2 is 2.00 bits per heavy atom. The number of carbonyl (C=O) groups excluding carboxylic acids is 2. The molecule has 1 aliphatic rings. The summed E-state index contributed by atoms with van der Waals surface area (Å²) in [6.45, 7) is 2.97. The van der Waals surface area contributed by atoms with E-state index in [0.717, 1.165) is 0 Å². The molecule has 21 heavy (non-hydrogen) atoms. The molecule has 0 unspecified atom stereocenters. The number of aliphatic imine (C=N–C) groups is 1. The molecule has 0 radical (unpaired) electrons. The molecule has 0 atom stereocenters. The van der Waals surface area contributed by atoms with Gasteiger partial charge in [0.15, 0.2) is 11.7 Å². The van der Waals surface area contributed by atoms with Crippen molar-refractivity contribution < 1.29 is 23.8 Å². The topological polar surface area (TPSA) is 87.1 Å². The number of halogens is 1. The summed E-state index contributed by atoms with van der Waals surface area (Å²) < 4.78 is 15.6. The number of pyridine rings is 1. The molecule has 0 spiro atoms. The molecule has 0 bridgehead atoms. The van der Waals surface area contributed by atoms with Gasteiger partial charge in [-0.3, -0.25) is 14.6 Å². The van der Waals surface area contributed by atoms with E-state index in [4.69, 9.17) is 14.2 Å². The van der Waals surface area contributed by atoms with Crippen LogP contribution < -0.4 is 4.74 Å². The molecule has 2 rings (SSSR count). The number of rotatable bonds is 3. The molecule has 1 saturated heterocycles. The Morgan fingerprint density at radius 1 is 1.38 bits per heavy atom. The fourth-order valence-electron chi connectivity index (χ4n) is 1.64. The highest BCUT2D eigenvalue weighted by molar-refractivity contribution is 9.10. The molecule has 0 amide bonds. The van der Waals surface area contributed by atoms with Gasteiger partial charge in [-0.25, -0.2) is 4.98 Å². The molecular weight excluding hydrogens is 344 g/mol. The summed E-state index contributed by atoms with van der Waals surface area (Å²) in [4.78, 5) is 31.6. The fourth-order valence-corrected chi connectivity index (χ4v) is 2.02. The second-order valence-electron chi connectivity index (χ2n) is 4.68. The first-order valence-electron chi connectivity index (χ1n) is 6.02. The Morgan fingerprint density at radius 3 is 2.57 bits per heavy atom. The Balaban J connectivity index is 2.17. The van der Waals surface area contributed by atoms with Crippen molar-refractivity contribution in [1.82, 2.24) is 4.98 Å². The highest BCUT2D eigenvalue weighted by Crippen LogP contribution is 2.27. The van der Waals surface area contributed by atoms with Crippen molar-refractivity contribution in [3.05, 3.63) is 16.9 Å². The molecule has 112 valence electrons. The quantitative estimate of drug-likeness (QED) is 0.356. The van der Waals surface area contributed by atoms with Gasteiger partial charge in [0.1, 0.15) is 4.60 Å². The maximum Gasteiger partial charge on any atom is 0.329 e. The maximum atomic E-state index is 11.8. The highest BCUT2D eigenvalue weighted by atomic mass is 79.9. The number of methoxy groups -OCH3 is 1. The number of hydrogen-bond acceptors (Lipinski definition) is 7. The van der Waals surface area contributed by atoms with Gasteiger partial charge in [-0.2, -0.15) is 0 Å². The zero-order valence-corrected chi connectivity index (χ0v) is 13.2. The minimum absolute atomic E-state index is 0.431. The average Bonchev–Trinajstić information content (AvgIpc) is 2.38. The van der Waals surface area contributed by atoms with Crippen LogP contribution in [0.4, 0.5) is 5.69 Å². The number of nitrogens with zero attached hydrogens (tertiary/aromatic N) is 2. The lowest BCUT2D eigenvalue weighted by atomic mass is 10.1. The smallest absolute Gasteiger partial charge is 0.329 e. The summed E-state index contributed by atoms with van der Waals surface area (Å²) in [6.07, 6.45) is 2.64. The third kappa shape index (κ3) is 3.57. The number of aromatic nitrogens is 1. The Hall–Kier alpha value is -1.96. The number of esters is 2. The van der Waals surface area contributed by atoms with E-state index < -0.39 is 23.6 Å². The first-order valence-corrected chi connectivity index (χ1v) is 6.81. The summed E-state index contributed by atoms with van der Waals surface area (Å²) in [7, 11) is 1.49. The predicted molar refractivity (Wildman–Crippen MR) is 76.4 cm³/mol. The molecule has 0 saturated carbocycles. The van der Waals surface area contributed by atoms with E-state index in [1.165, 1.54) is 33.4 Å².